The molecule has 0 aromatic heterocycles. The Kier molecular flexibility index (Phi) is 9.93. The van der Waals surface area contributed by atoms with Crippen LogP contribution in [-0.4, -0.2) is 71.8 Å². The zero-order valence-corrected chi connectivity index (χ0v) is 25.5. The third kappa shape index (κ3) is 6.83. The molecule has 7 heteroatoms. The summed E-state index contributed by atoms with van der Waals surface area (Å²) in [5, 5.41) is 3.12. The van der Waals surface area contributed by atoms with Gasteiger partial charge in [-0.25, -0.2) is 0 Å². The second-order valence-electron chi connectivity index (χ2n) is 11.8. The Bertz CT molecular complexity index is 1390. The van der Waals surface area contributed by atoms with Crippen molar-refractivity contribution in [3.05, 3.63) is 90.5 Å². The molecule has 3 aromatic rings. The number of hydrogen-bond donors (Lipinski definition) is 1. The molecular weight excluding hydrogens is 536 g/mol. The normalized spacial score (nSPS) is 18.5. The van der Waals surface area contributed by atoms with E-state index in [-0.39, 0.29) is 17.7 Å². The lowest BCUT2D eigenvalue weighted by atomic mass is 9.81. The van der Waals surface area contributed by atoms with Gasteiger partial charge in [-0.1, -0.05) is 85.8 Å². The van der Waals surface area contributed by atoms with Crippen LogP contribution in [0.1, 0.15) is 51.5 Å². The maximum absolute atomic E-state index is 13.9. The van der Waals surface area contributed by atoms with E-state index in [1.165, 1.54) is 5.56 Å². The van der Waals surface area contributed by atoms with Crippen LogP contribution in [0, 0.1) is 0 Å². The third-order valence-corrected chi connectivity index (χ3v) is 9.03. The van der Waals surface area contributed by atoms with Gasteiger partial charge < -0.3 is 20.0 Å². The highest BCUT2D eigenvalue weighted by Crippen LogP contribution is 2.35. The number of nitrogens with one attached hydrogen (secondary N) is 1. The summed E-state index contributed by atoms with van der Waals surface area (Å²) in [5.74, 6) is -0.0580. The topological polar surface area (TPSA) is 73.0 Å². The number of nitrogens with zero attached hydrogens (tertiary/aromatic N) is 3. The molecule has 0 bridgehead atoms. The molecule has 1 atom stereocenters. The summed E-state index contributed by atoms with van der Waals surface area (Å²) in [6.07, 6.45) is 4.17. The molecule has 43 heavy (non-hydrogen) atoms. The number of para-hydroxylation sites is 1. The number of likely N-dealkylation sites (tertiary alicyclic amines) is 1. The van der Waals surface area contributed by atoms with Gasteiger partial charge in [0.25, 0.3) is 0 Å². The third-order valence-electron chi connectivity index (χ3n) is 9.03. The lowest BCUT2D eigenvalue weighted by molar-refractivity contribution is -0.161. The zero-order valence-electron chi connectivity index (χ0n) is 25.5. The van der Waals surface area contributed by atoms with Gasteiger partial charge in [-0.05, 0) is 55.7 Å². The first kappa shape index (κ1) is 30.5. The number of benzene rings is 3. The molecule has 0 aliphatic carbocycles. The van der Waals surface area contributed by atoms with Crippen molar-refractivity contribution in [1.82, 2.24) is 15.1 Å². The molecule has 226 valence electrons. The van der Waals surface area contributed by atoms with Crippen molar-refractivity contribution >= 4 is 23.4 Å². The second-order valence-corrected chi connectivity index (χ2v) is 11.8. The summed E-state index contributed by atoms with van der Waals surface area (Å²) >= 11 is 0. The molecule has 2 heterocycles. The van der Waals surface area contributed by atoms with E-state index in [0.717, 1.165) is 49.3 Å². The SMILES string of the molecule is CCCN1C(=O)[C@H](CCCN(C(C)=O)c2ccccc2-c2ccccc2)NC(=O)C12CCN(CCc1ccccc1)CC2. The van der Waals surface area contributed by atoms with E-state index in [2.05, 4.69) is 41.4 Å². The number of carbonyl (C=O) groups excluding carboxylic acids is 3. The maximum Gasteiger partial charge on any atom is 0.246 e. The van der Waals surface area contributed by atoms with Crippen molar-refractivity contribution in [3.8, 4) is 11.1 Å². The Balaban J connectivity index is 1.22. The van der Waals surface area contributed by atoms with Crippen molar-refractivity contribution in [2.75, 3.05) is 37.6 Å². The van der Waals surface area contributed by atoms with Gasteiger partial charge in [0, 0.05) is 45.2 Å². The van der Waals surface area contributed by atoms with Crippen LogP contribution in [0.3, 0.4) is 0 Å². The Labute approximate surface area is 255 Å². The van der Waals surface area contributed by atoms with Gasteiger partial charge in [-0.15, -0.1) is 0 Å². The maximum atomic E-state index is 13.9. The molecular formula is C36H44N4O3. The molecule has 1 N–H and O–H groups in total. The number of piperazine rings is 1. The van der Waals surface area contributed by atoms with E-state index in [4.69, 9.17) is 0 Å². The molecule has 2 aliphatic rings. The van der Waals surface area contributed by atoms with Gasteiger partial charge >= 0.3 is 0 Å². The summed E-state index contributed by atoms with van der Waals surface area (Å²) in [5.41, 5.74) is 3.44. The minimum absolute atomic E-state index is 0.0123. The van der Waals surface area contributed by atoms with E-state index in [9.17, 15) is 14.4 Å². The first-order valence-corrected chi connectivity index (χ1v) is 15.7. The minimum Gasteiger partial charge on any atom is -0.342 e. The van der Waals surface area contributed by atoms with Gasteiger partial charge in [-0.3, -0.25) is 14.4 Å². The lowest BCUT2D eigenvalue weighted by Crippen LogP contribution is -2.72. The fourth-order valence-electron chi connectivity index (χ4n) is 6.67. The first-order valence-electron chi connectivity index (χ1n) is 15.7. The van der Waals surface area contributed by atoms with E-state index in [0.29, 0.717) is 38.8 Å². The molecule has 2 saturated heterocycles. The first-order chi connectivity index (χ1) is 20.9. The van der Waals surface area contributed by atoms with E-state index >= 15 is 0 Å². The fourth-order valence-corrected chi connectivity index (χ4v) is 6.67. The number of anilines is 1. The molecule has 3 aromatic carbocycles. The molecule has 0 saturated carbocycles. The van der Waals surface area contributed by atoms with Crippen molar-refractivity contribution in [1.29, 1.82) is 0 Å². The summed E-state index contributed by atoms with van der Waals surface area (Å²) in [7, 11) is 0. The van der Waals surface area contributed by atoms with Crippen LogP contribution in [0.2, 0.25) is 0 Å². The summed E-state index contributed by atoms with van der Waals surface area (Å²) < 4.78 is 0. The highest BCUT2D eigenvalue weighted by molar-refractivity contribution is 6.00. The molecule has 2 aliphatic heterocycles. The highest BCUT2D eigenvalue weighted by atomic mass is 16.2. The molecule has 5 rings (SSSR count). The van der Waals surface area contributed by atoms with Crippen LogP contribution >= 0.6 is 0 Å². The molecule has 1 spiro atoms. The number of piperidine rings is 1. The summed E-state index contributed by atoms with van der Waals surface area (Å²) in [6, 6.07) is 27.9. The predicted molar refractivity (Wildman–Crippen MR) is 172 cm³/mol. The monoisotopic (exact) mass is 580 g/mol. The molecule has 7 nitrogen and oxygen atoms in total. The highest BCUT2D eigenvalue weighted by Gasteiger charge is 2.53. The van der Waals surface area contributed by atoms with Crippen LogP contribution < -0.4 is 10.2 Å². The Morgan fingerprint density at radius 2 is 1.56 bits per heavy atom. The molecule has 2 fully saturated rings. The molecule has 0 unspecified atom stereocenters. The van der Waals surface area contributed by atoms with Crippen molar-refractivity contribution in [3.63, 3.8) is 0 Å². The quantitative estimate of drug-likeness (QED) is 0.334. The minimum atomic E-state index is -0.771. The van der Waals surface area contributed by atoms with Gasteiger partial charge in [0.15, 0.2) is 0 Å². The van der Waals surface area contributed by atoms with Gasteiger partial charge in [0.2, 0.25) is 17.7 Å². The van der Waals surface area contributed by atoms with E-state index in [1.54, 1.807) is 11.8 Å². The van der Waals surface area contributed by atoms with Gasteiger partial charge in [0.1, 0.15) is 11.6 Å². The molecule has 0 radical (unpaired) electrons. The van der Waals surface area contributed by atoms with Crippen molar-refractivity contribution in [2.24, 2.45) is 0 Å². The fraction of sp³-hybridized carbons (Fsp3) is 0.417. The Morgan fingerprint density at radius 1 is 0.907 bits per heavy atom. The van der Waals surface area contributed by atoms with Crippen LogP contribution in [0.25, 0.3) is 11.1 Å². The zero-order chi connectivity index (χ0) is 30.2. The molecule has 3 amide bonds. The van der Waals surface area contributed by atoms with Gasteiger partial charge in [-0.2, -0.15) is 0 Å². The van der Waals surface area contributed by atoms with Crippen LogP contribution in [0.5, 0.6) is 0 Å². The number of amides is 3. The van der Waals surface area contributed by atoms with Crippen LogP contribution in [0.15, 0.2) is 84.9 Å². The average molecular weight is 581 g/mol. The van der Waals surface area contributed by atoms with Crippen LogP contribution in [-0.2, 0) is 20.8 Å². The Hall–Kier alpha value is -3.97. The predicted octanol–water partition coefficient (Wildman–Crippen LogP) is 5.30. The average Bonchev–Trinajstić information content (AvgIpc) is 3.04. The smallest absolute Gasteiger partial charge is 0.246 e. The van der Waals surface area contributed by atoms with Crippen molar-refractivity contribution < 1.29 is 14.4 Å². The second kappa shape index (κ2) is 14.0. The number of rotatable bonds is 11. The lowest BCUT2D eigenvalue weighted by Gasteiger charge is -2.51. The van der Waals surface area contributed by atoms with E-state index < -0.39 is 11.6 Å². The Morgan fingerprint density at radius 3 is 2.23 bits per heavy atom. The number of carbonyl (C=O) groups is 3. The summed E-state index contributed by atoms with van der Waals surface area (Å²) in [6.45, 7) is 7.23. The van der Waals surface area contributed by atoms with Crippen LogP contribution in [0.4, 0.5) is 5.69 Å². The summed E-state index contributed by atoms with van der Waals surface area (Å²) in [4.78, 5) is 46.5. The largest absolute Gasteiger partial charge is 0.342 e. The van der Waals surface area contributed by atoms with Crippen molar-refractivity contribution in [2.45, 2.75) is 64.0 Å². The van der Waals surface area contributed by atoms with E-state index in [1.807, 2.05) is 65.6 Å². The standard InChI is InChI=1S/C36H44N4O3/c1-3-23-40-34(42)32(37-35(43)36(40)21-26-38(27-22-36)25-20-29-13-6-4-7-14-29)18-12-24-39(28(2)41)33-19-11-10-17-31(33)30-15-8-5-9-16-30/h4-11,13-17,19,32H,3,12,18,20-27H2,1-2H3,(H,37,43)/t32-/m0/s1. The van der Waals surface area contributed by atoms with Gasteiger partial charge in [0.05, 0.1) is 5.69 Å². The number of hydrogen-bond acceptors (Lipinski definition) is 4.